The Morgan fingerprint density at radius 2 is 2.04 bits per heavy atom. The minimum atomic E-state index is -0.273. The van der Waals surface area contributed by atoms with Crippen molar-refractivity contribution in [3.05, 3.63) is 35.6 Å². The Morgan fingerprint density at radius 1 is 1.28 bits per heavy atom. The standard InChI is InChI=1S/C19H28FN3O2/c1-13-4-2-3-5-17(13)25-11-10-21-19(24)16-12-22-23-18(16)14-6-8-15(20)9-7-14/h6-9,13,16-18,22-23H,2-5,10-12H2,1H3,(H,21,24). The quantitative estimate of drug-likeness (QED) is 0.690. The molecule has 3 N–H and O–H groups in total. The largest absolute Gasteiger partial charge is 0.376 e. The molecule has 2 aliphatic rings. The van der Waals surface area contributed by atoms with Crippen molar-refractivity contribution in [2.45, 2.75) is 44.8 Å². The van der Waals surface area contributed by atoms with Crippen LogP contribution in [-0.4, -0.2) is 31.7 Å². The van der Waals surface area contributed by atoms with Crippen molar-refractivity contribution in [3.8, 4) is 0 Å². The minimum Gasteiger partial charge on any atom is -0.376 e. The van der Waals surface area contributed by atoms with Gasteiger partial charge in [0.1, 0.15) is 5.82 Å². The fraction of sp³-hybridized carbons (Fsp3) is 0.632. The van der Waals surface area contributed by atoms with Crippen molar-refractivity contribution in [3.63, 3.8) is 0 Å². The van der Waals surface area contributed by atoms with Crippen molar-refractivity contribution in [2.24, 2.45) is 11.8 Å². The summed E-state index contributed by atoms with van der Waals surface area (Å²) in [7, 11) is 0. The number of halogens is 1. The highest BCUT2D eigenvalue weighted by Crippen LogP contribution is 2.26. The molecule has 1 aromatic carbocycles. The predicted molar refractivity (Wildman–Crippen MR) is 94.2 cm³/mol. The third-order valence-electron chi connectivity index (χ3n) is 5.31. The summed E-state index contributed by atoms with van der Waals surface area (Å²) < 4.78 is 19.0. The number of carbonyl (C=O) groups excluding carboxylic acids is 1. The van der Waals surface area contributed by atoms with Gasteiger partial charge >= 0.3 is 0 Å². The highest BCUT2D eigenvalue weighted by molar-refractivity contribution is 5.80. The molecule has 6 heteroatoms. The Labute approximate surface area is 148 Å². The van der Waals surface area contributed by atoms with E-state index in [0.717, 1.165) is 12.0 Å². The van der Waals surface area contributed by atoms with Crippen molar-refractivity contribution in [2.75, 3.05) is 19.7 Å². The summed E-state index contributed by atoms with van der Waals surface area (Å²) in [4.78, 5) is 12.5. The van der Waals surface area contributed by atoms with Crippen LogP contribution in [0, 0.1) is 17.7 Å². The molecule has 4 atom stereocenters. The zero-order valence-corrected chi connectivity index (χ0v) is 14.8. The lowest BCUT2D eigenvalue weighted by atomic mass is 9.88. The molecule has 25 heavy (non-hydrogen) atoms. The maximum Gasteiger partial charge on any atom is 0.226 e. The number of hydrogen-bond donors (Lipinski definition) is 3. The summed E-state index contributed by atoms with van der Waals surface area (Å²) in [5.41, 5.74) is 7.04. The van der Waals surface area contributed by atoms with E-state index in [1.54, 1.807) is 12.1 Å². The summed E-state index contributed by atoms with van der Waals surface area (Å²) in [6, 6.07) is 6.12. The van der Waals surface area contributed by atoms with E-state index in [9.17, 15) is 9.18 Å². The molecule has 1 aliphatic heterocycles. The SMILES string of the molecule is CC1CCCCC1OCCNC(=O)C1CNNC1c1ccc(F)cc1. The van der Waals surface area contributed by atoms with E-state index in [0.29, 0.717) is 31.7 Å². The minimum absolute atomic E-state index is 0.00730. The average Bonchev–Trinajstić information content (AvgIpc) is 3.10. The molecule has 0 aromatic heterocycles. The smallest absolute Gasteiger partial charge is 0.226 e. The molecule has 0 radical (unpaired) electrons. The summed E-state index contributed by atoms with van der Waals surface area (Å²) in [5.74, 6) is 0.103. The van der Waals surface area contributed by atoms with Crippen LogP contribution in [0.3, 0.4) is 0 Å². The molecule has 1 heterocycles. The highest BCUT2D eigenvalue weighted by Gasteiger charge is 2.33. The lowest BCUT2D eigenvalue weighted by molar-refractivity contribution is -0.125. The molecule has 2 fully saturated rings. The molecule has 3 rings (SSSR count). The molecule has 1 amide bonds. The van der Waals surface area contributed by atoms with E-state index in [-0.39, 0.29) is 23.7 Å². The zero-order chi connectivity index (χ0) is 17.6. The molecule has 1 saturated carbocycles. The third kappa shape index (κ3) is 4.77. The Balaban J connectivity index is 1.44. The lowest BCUT2D eigenvalue weighted by Gasteiger charge is -2.28. The second-order valence-corrected chi connectivity index (χ2v) is 7.12. The van der Waals surface area contributed by atoms with E-state index in [2.05, 4.69) is 23.1 Å². The topological polar surface area (TPSA) is 62.4 Å². The van der Waals surface area contributed by atoms with Gasteiger partial charge in [-0.3, -0.25) is 10.2 Å². The van der Waals surface area contributed by atoms with Crippen LogP contribution in [0.5, 0.6) is 0 Å². The summed E-state index contributed by atoms with van der Waals surface area (Å²) in [6.07, 6.45) is 5.21. The molecular weight excluding hydrogens is 321 g/mol. The van der Waals surface area contributed by atoms with Crippen LogP contribution in [-0.2, 0) is 9.53 Å². The van der Waals surface area contributed by atoms with Gasteiger partial charge in [0.2, 0.25) is 5.91 Å². The molecule has 4 unspecified atom stereocenters. The molecule has 0 bridgehead atoms. The van der Waals surface area contributed by atoms with E-state index in [4.69, 9.17) is 4.74 Å². The number of hydrogen-bond acceptors (Lipinski definition) is 4. The molecule has 5 nitrogen and oxygen atoms in total. The van der Waals surface area contributed by atoms with Gasteiger partial charge in [0.15, 0.2) is 0 Å². The zero-order valence-electron chi connectivity index (χ0n) is 14.8. The molecule has 1 aliphatic carbocycles. The number of hydrazine groups is 1. The molecule has 138 valence electrons. The predicted octanol–water partition coefficient (Wildman–Crippen LogP) is 2.30. The molecular formula is C19H28FN3O2. The summed E-state index contributed by atoms with van der Waals surface area (Å²) in [6.45, 7) is 3.87. The first kappa shape index (κ1) is 18.3. The van der Waals surface area contributed by atoms with Gasteiger partial charge in [-0.1, -0.05) is 31.9 Å². The Morgan fingerprint density at radius 3 is 2.80 bits per heavy atom. The first-order valence-electron chi connectivity index (χ1n) is 9.28. The van der Waals surface area contributed by atoms with Crippen molar-refractivity contribution in [1.29, 1.82) is 0 Å². The fourth-order valence-electron chi connectivity index (χ4n) is 3.77. The van der Waals surface area contributed by atoms with E-state index in [1.165, 1.54) is 31.4 Å². The normalized spacial score (nSPS) is 29.5. The average molecular weight is 349 g/mol. The van der Waals surface area contributed by atoms with Gasteiger partial charge in [0.25, 0.3) is 0 Å². The van der Waals surface area contributed by atoms with Gasteiger partial charge in [-0.15, -0.1) is 0 Å². The van der Waals surface area contributed by atoms with E-state index < -0.39 is 0 Å². The number of ether oxygens (including phenoxy) is 1. The van der Waals surface area contributed by atoms with Crippen LogP contribution < -0.4 is 16.2 Å². The third-order valence-corrected chi connectivity index (χ3v) is 5.31. The number of benzene rings is 1. The van der Waals surface area contributed by atoms with E-state index in [1.807, 2.05) is 0 Å². The second-order valence-electron chi connectivity index (χ2n) is 7.12. The fourth-order valence-corrected chi connectivity index (χ4v) is 3.77. The van der Waals surface area contributed by atoms with Gasteiger partial charge in [0, 0.05) is 13.1 Å². The number of carbonyl (C=O) groups is 1. The molecule has 1 aromatic rings. The van der Waals surface area contributed by atoms with Crippen LogP contribution in [0.4, 0.5) is 4.39 Å². The van der Waals surface area contributed by atoms with Gasteiger partial charge < -0.3 is 10.1 Å². The maximum absolute atomic E-state index is 13.1. The summed E-state index contributed by atoms with van der Waals surface area (Å²) in [5, 5.41) is 2.97. The molecule has 1 saturated heterocycles. The van der Waals surface area contributed by atoms with Gasteiger partial charge in [0.05, 0.1) is 24.7 Å². The second kappa shape index (κ2) is 8.74. The van der Waals surface area contributed by atoms with Crippen LogP contribution in [0.2, 0.25) is 0 Å². The number of amides is 1. The lowest BCUT2D eigenvalue weighted by Crippen LogP contribution is -2.37. The Bertz CT molecular complexity index is 566. The monoisotopic (exact) mass is 349 g/mol. The van der Waals surface area contributed by atoms with Crippen molar-refractivity contribution < 1.29 is 13.9 Å². The molecule has 0 spiro atoms. The number of nitrogens with one attached hydrogen (secondary N) is 3. The van der Waals surface area contributed by atoms with Gasteiger partial charge in [-0.25, -0.2) is 9.82 Å². The van der Waals surface area contributed by atoms with Gasteiger partial charge in [-0.2, -0.15) is 0 Å². The van der Waals surface area contributed by atoms with E-state index >= 15 is 0 Å². The van der Waals surface area contributed by atoms with Crippen molar-refractivity contribution in [1.82, 2.24) is 16.2 Å². The van der Waals surface area contributed by atoms with Gasteiger partial charge in [-0.05, 0) is 36.5 Å². The van der Waals surface area contributed by atoms with Crippen LogP contribution in [0.15, 0.2) is 24.3 Å². The summed E-state index contributed by atoms with van der Waals surface area (Å²) >= 11 is 0. The Hall–Kier alpha value is -1.50. The first-order chi connectivity index (χ1) is 12.1. The number of rotatable bonds is 6. The Kier molecular flexibility index (Phi) is 6.39. The van der Waals surface area contributed by atoms with Crippen LogP contribution in [0.25, 0.3) is 0 Å². The van der Waals surface area contributed by atoms with Crippen molar-refractivity contribution >= 4 is 5.91 Å². The first-order valence-corrected chi connectivity index (χ1v) is 9.28. The van der Waals surface area contributed by atoms with Crippen LogP contribution >= 0.6 is 0 Å². The maximum atomic E-state index is 13.1. The van der Waals surface area contributed by atoms with Crippen LogP contribution in [0.1, 0.15) is 44.2 Å². The highest BCUT2D eigenvalue weighted by atomic mass is 19.1.